The second-order valence-electron chi connectivity index (χ2n) is 8.97. The third-order valence-corrected chi connectivity index (χ3v) is 7.27. The molecule has 5 rings (SSSR count). The number of nitrogens with two attached hydrogens (primary N) is 1. The van der Waals surface area contributed by atoms with Crippen LogP contribution in [0.2, 0.25) is 0 Å². The van der Waals surface area contributed by atoms with Gasteiger partial charge in [0.05, 0.1) is 17.3 Å². The highest BCUT2D eigenvalue weighted by molar-refractivity contribution is 7.14. The van der Waals surface area contributed by atoms with Crippen molar-refractivity contribution < 1.29 is 9.59 Å². The van der Waals surface area contributed by atoms with Crippen molar-refractivity contribution in [1.29, 1.82) is 0 Å². The van der Waals surface area contributed by atoms with Gasteiger partial charge in [-0.25, -0.2) is 9.50 Å². The van der Waals surface area contributed by atoms with Crippen LogP contribution in [0.15, 0.2) is 23.7 Å². The van der Waals surface area contributed by atoms with Crippen LogP contribution < -0.4 is 16.0 Å². The first kappa shape index (κ1) is 21.8. The van der Waals surface area contributed by atoms with Gasteiger partial charge in [0, 0.05) is 50.4 Å². The monoisotopic (exact) mass is 467 g/mol. The zero-order chi connectivity index (χ0) is 23.1. The molecule has 3 aromatic rings. The third-order valence-electron chi connectivity index (χ3n) is 6.44. The van der Waals surface area contributed by atoms with Crippen molar-refractivity contribution in [3.63, 3.8) is 0 Å². The van der Waals surface area contributed by atoms with E-state index in [0.717, 1.165) is 61.5 Å². The average Bonchev–Trinajstić information content (AvgIpc) is 3.52. The van der Waals surface area contributed by atoms with Crippen LogP contribution in [-0.2, 0) is 4.79 Å². The van der Waals surface area contributed by atoms with Crippen LogP contribution in [0.25, 0.3) is 5.65 Å². The van der Waals surface area contributed by atoms with Crippen molar-refractivity contribution in [2.75, 3.05) is 29.9 Å². The number of hydrogen-bond acceptors (Lipinski definition) is 7. The van der Waals surface area contributed by atoms with Crippen LogP contribution in [-0.4, -0.2) is 57.0 Å². The Hall–Kier alpha value is -2.98. The first-order valence-electron chi connectivity index (χ1n) is 11.4. The van der Waals surface area contributed by atoms with Crippen molar-refractivity contribution in [2.45, 2.75) is 51.6 Å². The molecule has 3 aromatic heterocycles. The Morgan fingerprint density at radius 3 is 2.85 bits per heavy atom. The molecule has 0 spiro atoms. The summed E-state index contributed by atoms with van der Waals surface area (Å²) in [4.78, 5) is 34.1. The summed E-state index contributed by atoms with van der Waals surface area (Å²) in [5.41, 5.74) is 9.32. The van der Waals surface area contributed by atoms with E-state index in [9.17, 15) is 9.59 Å². The Balaban J connectivity index is 1.45. The fraction of sp³-hybridized carbons (Fsp3) is 0.478. The van der Waals surface area contributed by atoms with E-state index in [1.165, 1.54) is 18.3 Å². The molecular weight excluding hydrogens is 438 g/mol. The number of likely N-dealkylation sites (tertiary alicyclic amines) is 1. The fourth-order valence-corrected chi connectivity index (χ4v) is 5.68. The third kappa shape index (κ3) is 4.20. The minimum atomic E-state index is -0.182. The molecule has 0 aromatic carbocycles. The van der Waals surface area contributed by atoms with Crippen LogP contribution in [0.3, 0.4) is 0 Å². The first-order valence-corrected chi connectivity index (χ1v) is 12.3. The number of nitrogens with one attached hydrogen (secondary N) is 1. The highest BCUT2D eigenvalue weighted by Gasteiger charge is 2.32. The predicted octanol–water partition coefficient (Wildman–Crippen LogP) is 2.96. The second kappa shape index (κ2) is 8.75. The SMILES string of the molecule is CC(=O)Nc1sccc1C(=O)N1CCCC[C@H]1c1cc2nc(N3CC[C@H](N)C3)c(C)cn2n1. The Kier molecular flexibility index (Phi) is 5.79. The summed E-state index contributed by atoms with van der Waals surface area (Å²) in [5, 5.41) is 10.0. The molecule has 0 aliphatic carbocycles. The number of aryl methyl sites for hydroxylation is 1. The number of rotatable bonds is 4. The molecule has 33 heavy (non-hydrogen) atoms. The van der Waals surface area contributed by atoms with E-state index >= 15 is 0 Å². The number of carbonyl (C=O) groups is 2. The highest BCUT2D eigenvalue weighted by atomic mass is 32.1. The largest absolute Gasteiger partial charge is 0.355 e. The molecule has 9 nitrogen and oxygen atoms in total. The van der Waals surface area contributed by atoms with Gasteiger partial charge in [0.1, 0.15) is 10.8 Å². The zero-order valence-corrected chi connectivity index (χ0v) is 19.8. The van der Waals surface area contributed by atoms with Crippen LogP contribution in [0, 0.1) is 6.92 Å². The van der Waals surface area contributed by atoms with Crippen LogP contribution in [0.4, 0.5) is 10.8 Å². The maximum atomic E-state index is 13.5. The van der Waals surface area contributed by atoms with Crippen LogP contribution >= 0.6 is 11.3 Å². The second-order valence-corrected chi connectivity index (χ2v) is 9.89. The number of nitrogens with zero attached hydrogens (tertiary/aromatic N) is 5. The van der Waals surface area contributed by atoms with E-state index in [1.807, 2.05) is 34.0 Å². The lowest BCUT2D eigenvalue weighted by Crippen LogP contribution is -2.38. The van der Waals surface area contributed by atoms with Crippen molar-refractivity contribution in [1.82, 2.24) is 19.5 Å². The molecule has 3 N–H and O–H groups in total. The molecular formula is C23H29N7O2S. The molecule has 5 heterocycles. The maximum Gasteiger partial charge on any atom is 0.257 e. The molecule has 2 fully saturated rings. The molecule has 2 aliphatic heterocycles. The molecule has 2 aliphatic rings. The lowest BCUT2D eigenvalue weighted by molar-refractivity contribution is -0.114. The summed E-state index contributed by atoms with van der Waals surface area (Å²) < 4.78 is 1.81. The number of amides is 2. The number of anilines is 2. The topological polar surface area (TPSA) is 109 Å². The molecule has 174 valence electrons. The summed E-state index contributed by atoms with van der Waals surface area (Å²) in [7, 11) is 0. The van der Waals surface area contributed by atoms with Gasteiger partial charge < -0.3 is 20.9 Å². The van der Waals surface area contributed by atoms with Crippen molar-refractivity contribution in [2.24, 2.45) is 5.73 Å². The van der Waals surface area contributed by atoms with E-state index in [2.05, 4.69) is 10.2 Å². The molecule has 0 unspecified atom stereocenters. The number of carbonyl (C=O) groups excluding carboxylic acids is 2. The Bertz CT molecular complexity index is 1200. The van der Waals surface area contributed by atoms with Gasteiger partial charge in [-0.2, -0.15) is 5.10 Å². The van der Waals surface area contributed by atoms with Gasteiger partial charge >= 0.3 is 0 Å². The number of piperidine rings is 1. The first-order chi connectivity index (χ1) is 15.9. The number of fused-ring (bicyclic) bond motifs is 1. The molecule has 0 saturated carbocycles. The van der Waals surface area contributed by atoms with Gasteiger partial charge in [0.2, 0.25) is 5.91 Å². The van der Waals surface area contributed by atoms with E-state index in [4.69, 9.17) is 15.8 Å². The standard InChI is InChI=1S/C23H29N7O2S/c1-14-12-30-20(26-21(14)28-9-6-16(24)13-28)11-18(27-30)19-5-3-4-8-29(19)23(32)17-7-10-33-22(17)25-15(2)31/h7,10-12,16,19H,3-6,8-9,13,24H2,1-2H3,(H,25,31)/t16-,19-/m0/s1. The normalized spacial score (nSPS) is 21.1. The molecule has 2 atom stereocenters. The van der Waals surface area contributed by atoms with E-state index in [1.54, 1.807) is 6.07 Å². The van der Waals surface area contributed by atoms with Gasteiger partial charge in [0.15, 0.2) is 5.65 Å². The van der Waals surface area contributed by atoms with Gasteiger partial charge in [-0.3, -0.25) is 9.59 Å². The van der Waals surface area contributed by atoms with E-state index in [0.29, 0.717) is 17.1 Å². The van der Waals surface area contributed by atoms with E-state index in [-0.39, 0.29) is 23.9 Å². The van der Waals surface area contributed by atoms with Crippen molar-refractivity contribution in [3.05, 3.63) is 40.5 Å². The molecule has 0 radical (unpaired) electrons. The van der Waals surface area contributed by atoms with Gasteiger partial charge in [-0.05, 0) is 44.1 Å². The van der Waals surface area contributed by atoms with Crippen LogP contribution in [0.5, 0.6) is 0 Å². The van der Waals surface area contributed by atoms with Gasteiger partial charge in [0.25, 0.3) is 5.91 Å². The number of thiophene rings is 1. The summed E-state index contributed by atoms with van der Waals surface area (Å²) >= 11 is 1.36. The minimum Gasteiger partial charge on any atom is -0.355 e. The molecule has 2 saturated heterocycles. The Morgan fingerprint density at radius 1 is 1.24 bits per heavy atom. The van der Waals surface area contributed by atoms with Crippen molar-refractivity contribution >= 4 is 39.6 Å². The Labute approximate surface area is 196 Å². The average molecular weight is 468 g/mol. The molecule has 10 heteroatoms. The maximum absolute atomic E-state index is 13.5. The lowest BCUT2D eigenvalue weighted by atomic mass is 9.98. The van der Waals surface area contributed by atoms with Crippen LogP contribution in [0.1, 0.15) is 60.3 Å². The number of aromatic nitrogens is 3. The number of hydrogen-bond donors (Lipinski definition) is 2. The predicted molar refractivity (Wildman–Crippen MR) is 129 cm³/mol. The van der Waals surface area contributed by atoms with Crippen molar-refractivity contribution in [3.8, 4) is 0 Å². The summed E-state index contributed by atoms with van der Waals surface area (Å²) in [5.74, 6) is 0.701. The summed E-state index contributed by atoms with van der Waals surface area (Å²) in [6.07, 6.45) is 5.81. The quantitative estimate of drug-likeness (QED) is 0.611. The highest BCUT2D eigenvalue weighted by Crippen LogP contribution is 2.35. The molecule has 0 bridgehead atoms. The smallest absolute Gasteiger partial charge is 0.257 e. The summed E-state index contributed by atoms with van der Waals surface area (Å²) in [6, 6.07) is 3.84. The zero-order valence-electron chi connectivity index (χ0n) is 19.0. The van der Waals surface area contributed by atoms with Gasteiger partial charge in [-0.15, -0.1) is 11.3 Å². The van der Waals surface area contributed by atoms with Gasteiger partial charge in [-0.1, -0.05) is 0 Å². The van der Waals surface area contributed by atoms with E-state index < -0.39 is 0 Å². The molecule has 2 amide bonds. The summed E-state index contributed by atoms with van der Waals surface area (Å²) in [6.45, 7) is 5.88. The lowest BCUT2D eigenvalue weighted by Gasteiger charge is -2.34. The minimum absolute atomic E-state index is 0.0716. The fourth-order valence-electron chi connectivity index (χ4n) is 4.85. The Morgan fingerprint density at radius 2 is 2.09 bits per heavy atom.